The molecule has 0 aromatic heterocycles. The average molecular weight is 260 g/mol. The summed E-state index contributed by atoms with van der Waals surface area (Å²) in [5.41, 5.74) is 1.61. The molecule has 0 spiro atoms. The van der Waals surface area contributed by atoms with Crippen molar-refractivity contribution in [3.05, 3.63) is 53.6 Å². The SMILES string of the molecule is COc1ccc(COc2cc(O)cc(CO)c2)cc1. The Kier molecular flexibility index (Phi) is 4.26. The quantitative estimate of drug-likeness (QED) is 0.867. The van der Waals surface area contributed by atoms with Gasteiger partial charge in [-0.1, -0.05) is 12.1 Å². The molecule has 4 heteroatoms. The highest BCUT2D eigenvalue weighted by atomic mass is 16.5. The lowest BCUT2D eigenvalue weighted by atomic mass is 10.2. The number of phenols is 1. The molecule has 0 amide bonds. The van der Waals surface area contributed by atoms with E-state index in [1.807, 2.05) is 24.3 Å². The maximum Gasteiger partial charge on any atom is 0.123 e. The van der Waals surface area contributed by atoms with Crippen molar-refractivity contribution in [2.24, 2.45) is 0 Å². The van der Waals surface area contributed by atoms with Crippen LogP contribution in [-0.4, -0.2) is 17.3 Å². The Morgan fingerprint density at radius 1 is 0.947 bits per heavy atom. The van der Waals surface area contributed by atoms with E-state index < -0.39 is 0 Å². The van der Waals surface area contributed by atoms with Crippen molar-refractivity contribution >= 4 is 0 Å². The lowest BCUT2D eigenvalue weighted by Gasteiger charge is -2.09. The molecule has 0 unspecified atom stereocenters. The minimum Gasteiger partial charge on any atom is -0.508 e. The van der Waals surface area contributed by atoms with E-state index >= 15 is 0 Å². The van der Waals surface area contributed by atoms with Crippen molar-refractivity contribution < 1.29 is 19.7 Å². The van der Waals surface area contributed by atoms with Crippen molar-refractivity contribution in [2.45, 2.75) is 13.2 Å². The Morgan fingerprint density at radius 3 is 2.32 bits per heavy atom. The minimum atomic E-state index is -0.132. The summed E-state index contributed by atoms with van der Waals surface area (Å²) in [4.78, 5) is 0. The van der Waals surface area contributed by atoms with Crippen molar-refractivity contribution in [3.63, 3.8) is 0 Å². The summed E-state index contributed by atoms with van der Waals surface area (Å²) in [7, 11) is 1.62. The van der Waals surface area contributed by atoms with E-state index in [0.717, 1.165) is 11.3 Å². The van der Waals surface area contributed by atoms with Gasteiger partial charge in [-0.05, 0) is 35.4 Å². The van der Waals surface area contributed by atoms with Crippen LogP contribution in [-0.2, 0) is 13.2 Å². The predicted molar refractivity (Wildman–Crippen MR) is 71.4 cm³/mol. The summed E-state index contributed by atoms with van der Waals surface area (Å²) >= 11 is 0. The third kappa shape index (κ3) is 3.63. The number of aliphatic hydroxyl groups is 1. The summed E-state index contributed by atoms with van der Waals surface area (Å²) in [6.45, 7) is 0.256. The summed E-state index contributed by atoms with van der Waals surface area (Å²) < 4.78 is 10.7. The van der Waals surface area contributed by atoms with Gasteiger partial charge in [0.05, 0.1) is 13.7 Å². The molecule has 0 saturated heterocycles. The number of hydrogen-bond donors (Lipinski definition) is 2. The Hall–Kier alpha value is -2.20. The minimum absolute atomic E-state index is 0.0799. The molecule has 2 aromatic carbocycles. The van der Waals surface area contributed by atoms with Crippen molar-refractivity contribution in [1.29, 1.82) is 0 Å². The van der Waals surface area contributed by atoms with Crippen LogP contribution < -0.4 is 9.47 Å². The number of aliphatic hydroxyl groups excluding tert-OH is 1. The van der Waals surface area contributed by atoms with E-state index in [1.54, 1.807) is 13.2 Å². The smallest absolute Gasteiger partial charge is 0.123 e. The van der Waals surface area contributed by atoms with Crippen LogP contribution in [0.15, 0.2) is 42.5 Å². The second-order valence-electron chi connectivity index (χ2n) is 4.13. The van der Waals surface area contributed by atoms with Gasteiger partial charge in [-0.25, -0.2) is 0 Å². The number of rotatable bonds is 5. The van der Waals surface area contributed by atoms with E-state index in [-0.39, 0.29) is 12.4 Å². The second-order valence-corrected chi connectivity index (χ2v) is 4.13. The van der Waals surface area contributed by atoms with Crippen molar-refractivity contribution in [1.82, 2.24) is 0 Å². The van der Waals surface area contributed by atoms with E-state index in [2.05, 4.69) is 0 Å². The van der Waals surface area contributed by atoms with Gasteiger partial charge in [0.2, 0.25) is 0 Å². The summed E-state index contributed by atoms with van der Waals surface area (Å²) in [5, 5.41) is 18.5. The average Bonchev–Trinajstić information content (AvgIpc) is 2.45. The molecular weight excluding hydrogens is 244 g/mol. The zero-order valence-electron chi connectivity index (χ0n) is 10.7. The molecule has 0 aliphatic rings. The van der Waals surface area contributed by atoms with Gasteiger partial charge in [-0.2, -0.15) is 0 Å². The first-order chi connectivity index (χ1) is 9.21. The fourth-order valence-electron chi connectivity index (χ4n) is 1.71. The van der Waals surface area contributed by atoms with Crippen LogP contribution >= 0.6 is 0 Å². The van der Waals surface area contributed by atoms with Gasteiger partial charge in [0.25, 0.3) is 0 Å². The molecule has 0 aliphatic carbocycles. The van der Waals surface area contributed by atoms with Gasteiger partial charge in [0.1, 0.15) is 23.9 Å². The first kappa shape index (κ1) is 13.2. The standard InChI is InChI=1S/C15H16O4/c1-18-14-4-2-11(3-5-14)10-19-15-7-12(9-16)6-13(17)8-15/h2-8,16-17H,9-10H2,1H3. The lowest BCUT2D eigenvalue weighted by molar-refractivity contribution is 0.276. The third-order valence-electron chi connectivity index (χ3n) is 2.70. The number of methoxy groups -OCH3 is 1. The fraction of sp³-hybridized carbons (Fsp3) is 0.200. The van der Waals surface area contributed by atoms with E-state index in [1.165, 1.54) is 12.1 Å². The zero-order chi connectivity index (χ0) is 13.7. The largest absolute Gasteiger partial charge is 0.508 e. The number of aromatic hydroxyl groups is 1. The number of hydrogen-bond acceptors (Lipinski definition) is 4. The van der Waals surface area contributed by atoms with Crippen LogP contribution in [0.4, 0.5) is 0 Å². The van der Waals surface area contributed by atoms with Crippen LogP contribution in [0.2, 0.25) is 0 Å². The van der Waals surface area contributed by atoms with E-state index in [4.69, 9.17) is 14.6 Å². The van der Waals surface area contributed by atoms with Crippen molar-refractivity contribution in [2.75, 3.05) is 7.11 Å². The molecule has 0 bridgehead atoms. The van der Waals surface area contributed by atoms with Crippen LogP contribution in [0.25, 0.3) is 0 Å². The summed E-state index contributed by atoms with van der Waals surface area (Å²) in [5.74, 6) is 1.40. The molecule has 0 saturated carbocycles. The van der Waals surface area contributed by atoms with Crippen LogP contribution in [0, 0.1) is 0 Å². The van der Waals surface area contributed by atoms with Crippen LogP contribution in [0.5, 0.6) is 17.2 Å². The van der Waals surface area contributed by atoms with Gasteiger partial charge in [-0.3, -0.25) is 0 Å². The summed E-state index contributed by atoms with van der Waals surface area (Å²) in [6, 6.07) is 12.3. The Labute approximate surface area is 111 Å². The summed E-state index contributed by atoms with van der Waals surface area (Å²) in [6.07, 6.45) is 0. The number of phenolic OH excluding ortho intramolecular Hbond substituents is 1. The predicted octanol–water partition coefficient (Wildman–Crippen LogP) is 2.47. The Bertz CT molecular complexity index is 534. The first-order valence-electron chi connectivity index (χ1n) is 5.91. The van der Waals surface area contributed by atoms with E-state index in [0.29, 0.717) is 17.9 Å². The maximum atomic E-state index is 9.48. The highest BCUT2D eigenvalue weighted by Gasteiger charge is 2.02. The van der Waals surface area contributed by atoms with E-state index in [9.17, 15) is 5.11 Å². The molecule has 0 radical (unpaired) electrons. The maximum absolute atomic E-state index is 9.48. The van der Waals surface area contributed by atoms with Gasteiger partial charge in [-0.15, -0.1) is 0 Å². The molecule has 4 nitrogen and oxygen atoms in total. The Balaban J connectivity index is 2.03. The van der Waals surface area contributed by atoms with Crippen LogP contribution in [0.1, 0.15) is 11.1 Å². The molecule has 2 aromatic rings. The topological polar surface area (TPSA) is 58.9 Å². The number of benzene rings is 2. The molecule has 0 aliphatic heterocycles. The molecule has 2 rings (SSSR count). The molecule has 0 atom stereocenters. The monoisotopic (exact) mass is 260 g/mol. The van der Waals surface area contributed by atoms with Gasteiger partial charge >= 0.3 is 0 Å². The van der Waals surface area contributed by atoms with Gasteiger partial charge in [0.15, 0.2) is 0 Å². The second kappa shape index (κ2) is 6.11. The highest BCUT2D eigenvalue weighted by molar-refractivity contribution is 5.37. The Morgan fingerprint density at radius 2 is 1.68 bits per heavy atom. The lowest BCUT2D eigenvalue weighted by Crippen LogP contribution is -1.96. The molecule has 0 heterocycles. The van der Waals surface area contributed by atoms with Gasteiger partial charge < -0.3 is 19.7 Å². The zero-order valence-corrected chi connectivity index (χ0v) is 10.7. The van der Waals surface area contributed by atoms with Crippen molar-refractivity contribution in [3.8, 4) is 17.2 Å². The molecule has 100 valence electrons. The first-order valence-corrected chi connectivity index (χ1v) is 5.91. The molecule has 0 fully saturated rings. The molecule has 2 N–H and O–H groups in total. The highest BCUT2D eigenvalue weighted by Crippen LogP contribution is 2.23. The fourth-order valence-corrected chi connectivity index (χ4v) is 1.71. The van der Waals surface area contributed by atoms with Gasteiger partial charge in [0, 0.05) is 6.07 Å². The third-order valence-corrected chi connectivity index (χ3v) is 2.70. The number of ether oxygens (including phenoxy) is 2. The van der Waals surface area contributed by atoms with Crippen LogP contribution in [0.3, 0.4) is 0 Å². The molecular formula is C15H16O4. The normalized spacial score (nSPS) is 10.2. The molecule has 19 heavy (non-hydrogen) atoms.